The number of nitrogens with zero attached hydrogens (tertiary/aromatic N) is 2. The van der Waals surface area contributed by atoms with Crippen LogP contribution >= 0.6 is 11.6 Å². The molecule has 0 radical (unpaired) electrons. The highest BCUT2D eigenvalue weighted by Gasteiger charge is 2.17. The second kappa shape index (κ2) is 7.08. The summed E-state index contributed by atoms with van der Waals surface area (Å²) < 4.78 is 11.1. The number of ether oxygens (including phenoxy) is 1. The third-order valence-corrected chi connectivity index (χ3v) is 4.62. The molecule has 0 aliphatic rings. The monoisotopic (exact) mass is 381 g/mol. The molecule has 138 valence electrons. The fourth-order valence-corrected chi connectivity index (χ4v) is 3.27. The maximum absolute atomic E-state index is 6.52. The van der Waals surface area contributed by atoms with Gasteiger partial charge in [0.05, 0.1) is 11.1 Å². The van der Waals surface area contributed by atoms with Crippen molar-refractivity contribution in [1.29, 1.82) is 0 Å². The minimum absolute atomic E-state index is 0.153. The van der Waals surface area contributed by atoms with Crippen LogP contribution in [0.1, 0.15) is 30.8 Å². The van der Waals surface area contributed by atoms with Crippen LogP contribution in [0.2, 0.25) is 5.02 Å². The molecule has 2 heterocycles. The molecule has 2 aromatic carbocycles. The Morgan fingerprint density at radius 3 is 2.67 bits per heavy atom. The lowest BCUT2D eigenvalue weighted by atomic mass is 10.1. The summed E-state index contributed by atoms with van der Waals surface area (Å²) in [7, 11) is 0. The lowest BCUT2D eigenvalue weighted by Gasteiger charge is -2.09. The topological polar surface area (TPSA) is 63.9 Å². The van der Waals surface area contributed by atoms with Gasteiger partial charge in [0.15, 0.2) is 5.82 Å². The molecule has 0 spiro atoms. The van der Waals surface area contributed by atoms with E-state index in [0.29, 0.717) is 28.9 Å². The van der Waals surface area contributed by atoms with Crippen LogP contribution in [0.3, 0.4) is 0 Å². The maximum atomic E-state index is 6.52. The first kappa shape index (κ1) is 17.6. The molecular weight excluding hydrogens is 362 g/mol. The van der Waals surface area contributed by atoms with E-state index in [9.17, 15) is 0 Å². The van der Waals surface area contributed by atoms with Gasteiger partial charge in [-0.25, -0.2) is 0 Å². The van der Waals surface area contributed by atoms with Gasteiger partial charge in [-0.05, 0) is 50.6 Å². The Hall–Kier alpha value is -2.79. The van der Waals surface area contributed by atoms with Crippen molar-refractivity contribution in [3.8, 4) is 17.3 Å². The minimum Gasteiger partial charge on any atom is -0.491 e. The zero-order chi connectivity index (χ0) is 19.0. The summed E-state index contributed by atoms with van der Waals surface area (Å²) in [4.78, 5) is 7.77. The second-order valence-electron chi connectivity index (χ2n) is 6.87. The van der Waals surface area contributed by atoms with Gasteiger partial charge in [0, 0.05) is 17.3 Å². The quantitative estimate of drug-likeness (QED) is 0.491. The van der Waals surface area contributed by atoms with Crippen molar-refractivity contribution in [3.63, 3.8) is 0 Å². The van der Waals surface area contributed by atoms with Crippen molar-refractivity contribution in [2.45, 2.75) is 33.3 Å². The van der Waals surface area contributed by atoms with E-state index in [1.54, 1.807) is 0 Å². The average Bonchev–Trinajstić information content (AvgIpc) is 3.21. The van der Waals surface area contributed by atoms with Gasteiger partial charge in [0.2, 0.25) is 0 Å². The predicted octanol–water partition coefficient (Wildman–Crippen LogP) is 5.56. The van der Waals surface area contributed by atoms with Crippen molar-refractivity contribution in [1.82, 2.24) is 15.1 Å². The highest BCUT2D eigenvalue weighted by atomic mass is 35.5. The number of benzene rings is 2. The number of H-pyrrole nitrogens is 1. The van der Waals surface area contributed by atoms with Crippen molar-refractivity contribution in [2.24, 2.45) is 0 Å². The molecule has 0 aliphatic heterocycles. The van der Waals surface area contributed by atoms with E-state index < -0.39 is 0 Å². The number of fused-ring (bicyclic) bond motifs is 1. The number of halogens is 1. The van der Waals surface area contributed by atoms with Crippen molar-refractivity contribution >= 4 is 22.5 Å². The first-order valence-corrected chi connectivity index (χ1v) is 9.24. The van der Waals surface area contributed by atoms with Gasteiger partial charge < -0.3 is 14.2 Å². The Balaban J connectivity index is 1.56. The van der Waals surface area contributed by atoms with Gasteiger partial charge >= 0.3 is 0 Å². The molecule has 1 N–H and O–H groups in total. The summed E-state index contributed by atoms with van der Waals surface area (Å²) in [6, 6.07) is 14.0. The molecule has 0 bridgehead atoms. The van der Waals surface area contributed by atoms with E-state index in [1.807, 2.05) is 63.2 Å². The third-order valence-electron chi connectivity index (χ3n) is 4.23. The largest absolute Gasteiger partial charge is 0.491 e. The van der Waals surface area contributed by atoms with Crippen LogP contribution in [0.25, 0.3) is 22.5 Å². The smallest absolute Gasteiger partial charge is 0.275 e. The summed E-state index contributed by atoms with van der Waals surface area (Å²) in [5.74, 6) is 1.85. The van der Waals surface area contributed by atoms with Crippen LogP contribution in [-0.2, 0) is 6.42 Å². The molecular formula is C21H20ClN3O2. The summed E-state index contributed by atoms with van der Waals surface area (Å²) in [6.07, 6.45) is 0.725. The minimum atomic E-state index is 0.153. The molecule has 4 aromatic rings. The van der Waals surface area contributed by atoms with Gasteiger partial charge in [0.25, 0.3) is 5.89 Å². The summed E-state index contributed by atoms with van der Waals surface area (Å²) in [5.41, 5.74) is 3.82. The second-order valence-corrected chi connectivity index (χ2v) is 7.24. The maximum Gasteiger partial charge on any atom is 0.275 e. The van der Waals surface area contributed by atoms with Crippen molar-refractivity contribution in [3.05, 3.63) is 64.4 Å². The highest BCUT2D eigenvalue weighted by molar-refractivity contribution is 6.38. The Bertz CT molecular complexity index is 1080. The van der Waals surface area contributed by atoms with Crippen LogP contribution in [0.5, 0.6) is 5.75 Å². The highest BCUT2D eigenvalue weighted by Crippen LogP contribution is 2.34. The van der Waals surface area contributed by atoms with Crippen LogP contribution in [0.15, 0.2) is 47.0 Å². The lowest BCUT2D eigenvalue weighted by Crippen LogP contribution is -2.05. The van der Waals surface area contributed by atoms with E-state index >= 15 is 0 Å². The van der Waals surface area contributed by atoms with E-state index in [2.05, 4.69) is 15.1 Å². The Kier molecular flexibility index (Phi) is 4.62. The van der Waals surface area contributed by atoms with Gasteiger partial charge in [-0.15, -0.1) is 0 Å². The molecule has 0 saturated heterocycles. The van der Waals surface area contributed by atoms with Gasteiger partial charge in [0.1, 0.15) is 11.4 Å². The Morgan fingerprint density at radius 2 is 1.93 bits per heavy atom. The SMILES string of the molecule is Cc1ccc2[nH]c(-c3nc(Cc4ccc(OC(C)C)cc4)no3)c(Cl)c2c1. The zero-order valence-corrected chi connectivity index (χ0v) is 16.2. The number of hydrogen-bond donors (Lipinski definition) is 1. The number of aromatic nitrogens is 3. The van der Waals surface area contributed by atoms with E-state index in [-0.39, 0.29) is 6.10 Å². The molecule has 0 fully saturated rings. The summed E-state index contributed by atoms with van der Waals surface area (Å²) in [5, 5.41) is 5.64. The van der Waals surface area contributed by atoms with E-state index in [4.69, 9.17) is 20.9 Å². The molecule has 6 heteroatoms. The number of hydrogen-bond acceptors (Lipinski definition) is 4. The Labute approximate surface area is 162 Å². The molecule has 27 heavy (non-hydrogen) atoms. The first-order chi connectivity index (χ1) is 13.0. The van der Waals surface area contributed by atoms with Gasteiger partial charge in [-0.2, -0.15) is 4.98 Å². The molecule has 2 aromatic heterocycles. The standard InChI is InChI=1S/C21H20ClN3O2/c1-12(2)26-15-7-5-14(6-8-15)11-18-24-21(27-25-18)20-19(22)16-10-13(3)4-9-17(16)23-20/h4-10,12,23H,11H2,1-3H3. The average molecular weight is 382 g/mol. The van der Waals surface area contributed by atoms with Gasteiger partial charge in [-0.1, -0.05) is 40.5 Å². The lowest BCUT2D eigenvalue weighted by molar-refractivity contribution is 0.242. The molecule has 0 saturated carbocycles. The third kappa shape index (κ3) is 3.69. The van der Waals surface area contributed by atoms with E-state index in [1.165, 1.54) is 0 Å². The Morgan fingerprint density at radius 1 is 1.15 bits per heavy atom. The fourth-order valence-electron chi connectivity index (χ4n) is 2.99. The summed E-state index contributed by atoms with van der Waals surface area (Å²) in [6.45, 7) is 6.04. The molecule has 5 nitrogen and oxygen atoms in total. The van der Waals surface area contributed by atoms with Crippen molar-refractivity contribution in [2.75, 3.05) is 0 Å². The number of aryl methyl sites for hydroxylation is 1. The number of rotatable bonds is 5. The normalized spacial score (nSPS) is 11.4. The zero-order valence-electron chi connectivity index (χ0n) is 15.4. The molecule has 0 atom stereocenters. The molecule has 0 aliphatic carbocycles. The van der Waals surface area contributed by atoms with Crippen molar-refractivity contribution < 1.29 is 9.26 Å². The molecule has 0 amide bonds. The van der Waals surface area contributed by atoms with E-state index in [0.717, 1.165) is 27.8 Å². The molecule has 0 unspecified atom stereocenters. The van der Waals surface area contributed by atoms with Crippen LogP contribution in [-0.4, -0.2) is 21.2 Å². The molecule has 4 rings (SSSR count). The number of aromatic amines is 1. The van der Waals surface area contributed by atoms with Gasteiger partial charge in [-0.3, -0.25) is 0 Å². The summed E-state index contributed by atoms with van der Waals surface area (Å²) >= 11 is 6.52. The van der Waals surface area contributed by atoms with Crippen LogP contribution in [0.4, 0.5) is 0 Å². The number of nitrogens with one attached hydrogen (secondary N) is 1. The predicted molar refractivity (Wildman–Crippen MR) is 106 cm³/mol. The fraction of sp³-hybridized carbons (Fsp3) is 0.238. The van der Waals surface area contributed by atoms with Crippen LogP contribution in [0, 0.1) is 6.92 Å². The first-order valence-electron chi connectivity index (χ1n) is 8.86. The van der Waals surface area contributed by atoms with Crippen LogP contribution < -0.4 is 4.74 Å².